The lowest BCUT2D eigenvalue weighted by molar-refractivity contribution is 0.00578. The van der Waals surface area contributed by atoms with Crippen molar-refractivity contribution in [3.63, 3.8) is 0 Å². The van der Waals surface area contributed by atoms with Gasteiger partial charge in [-0.2, -0.15) is 0 Å². The van der Waals surface area contributed by atoms with Gasteiger partial charge in [-0.05, 0) is 244 Å². The van der Waals surface area contributed by atoms with E-state index in [1.54, 1.807) is 0 Å². The molecule has 0 saturated carbocycles. The van der Waals surface area contributed by atoms with Crippen LogP contribution < -0.4 is 5.46 Å². The number of hydrogen-bond acceptors (Lipinski definition) is 2. The summed E-state index contributed by atoms with van der Waals surface area (Å²) < 4.78 is 21.6. The Morgan fingerprint density at radius 1 is 0.267 bits per heavy atom. The fraction of sp³-hybridized carbons (Fsp3) is 0.0714. The van der Waals surface area contributed by atoms with Gasteiger partial charge < -0.3 is 18.4 Å². The number of hydrogen-bond donors (Lipinski definition) is 0. The summed E-state index contributed by atoms with van der Waals surface area (Å²) in [4.78, 5) is 0. The smallest absolute Gasteiger partial charge is 0.399 e. The first kappa shape index (κ1) is 75.2. The Morgan fingerprint density at radius 3 is 1.08 bits per heavy atom. The summed E-state index contributed by atoms with van der Waals surface area (Å²) in [7, 11) is -0.457. The van der Waals surface area contributed by atoms with Crippen LogP contribution in [0.1, 0.15) is 72.2 Å². The first-order valence-electron chi connectivity index (χ1n) is 41.1. The van der Waals surface area contributed by atoms with Crippen molar-refractivity contribution in [1.29, 1.82) is 0 Å². The topological polar surface area (TPSA) is 28.3 Å². The second kappa shape index (κ2) is 30.2. The predicted molar refractivity (Wildman–Crippen MR) is 518 cm³/mol. The van der Waals surface area contributed by atoms with E-state index in [1.807, 2.05) is 6.07 Å². The van der Waals surface area contributed by atoms with Crippen LogP contribution in [0.2, 0.25) is 0 Å². The molecule has 120 heavy (non-hydrogen) atoms. The van der Waals surface area contributed by atoms with Crippen LogP contribution in [0.4, 0.5) is 0 Å². The fourth-order valence-electron chi connectivity index (χ4n) is 19.6. The van der Waals surface area contributed by atoms with Gasteiger partial charge in [-0.25, -0.2) is 0 Å². The van der Waals surface area contributed by atoms with Crippen molar-refractivity contribution in [3.8, 4) is 67.0 Å². The van der Waals surface area contributed by atoms with E-state index in [-0.39, 0.29) is 0 Å². The Kier molecular flexibility index (Phi) is 19.0. The summed E-state index contributed by atoms with van der Waals surface area (Å²) in [5.41, 5.74) is 28.9. The maximum absolute atomic E-state index is 6.58. The molecule has 20 aromatic rings. The monoisotopic (exact) mass is 1780 g/mol. The van der Waals surface area contributed by atoms with Gasteiger partial charge in [-0.3, -0.25) is 0 Å². The van der Waals surface area contributed by atoms with Crippen molar-refractivity contribution in [2.24, 2.45) is 0 Å². The van der Waals surface area contributed by atoms with E-state index in [9.17, 15) is 0 Å². The maximum atomic E-state index is 6.58. The van der Waals surface area contributed by atoms with Gasteiger partial charge in [0.25, 0.3) is 0 Å². The Balaban J connectivity index is 0.000000128. The molecule has 0 N–H and O–H groups in total. The average molecular weight is 1780 g/mol. The Morgan fingerprint density at radius 2 is 0.625 bits per heavy atom. The summed E-state index contributed by atoms with van der Waals surface area (Å²) >= 11 is 9.77. The standard InChI is InChI=1S/C53H34BrN.C47H38BNO2.C12H8BrI/c54-49-26-14-12-24-45(49)42-22-10-9-20-40(42)36-27-30-46-51(33-36)55(50-32-28-35-15-7-8-21-41(35)52(46)50)39-29-31-44-43-23-11-13-25-47(43)53(48(44)34-39,37-16-3-1-4-17-37)38-18-5-2-6-19-38;1-45(2)46(3,4)51-48(50-45)34-24-26-39-43(29-34)49(42-28-23-31-15-11-12-20-36(31)44(39)42)35-25-27-38-37-21-13-14-22-40(37)47(41(38)30-35,32-16-7-5-8-17-32)33-18-9-6-10-19-33;13-11-7-3-1-5-9(11)10-6-2-4-8-12(10)14/h1-34H;5-30H,1-4H3;1-8H. The van der Waals surface area contributed by atoms with E-state index in [0.29, 0.717) is 0 Å². The van der Waals surface area contributed by atoms with Crippen molar-refractivity contribution >= 4 is 132 Å². The minimum Gasteiger partial charge on any atom is -0.399 e. The quantitative estimate of drug-likeness (QED) is 0.101. The van der Waals surface area contributed by atoms with Crippen molar-refractivity contribution in [2.45, 2.75) is 49.7 Å². The summed E-state index contributed by atoms with van der Waals surface area (Å²) in [5.74, 6) is 0. The Labute approximate surface area is 730 Å². The molecule has 1 saturated heterocycles. The van der Waals surface area contributed by atoms with Gasteiger partial charge >= 0.3 is 7.12 Å². The highest BCUT2D eigenvalue weighted by molar-refractivity contribution is 14.1. The normalized spacial score (nSPS) is 14.3. The Bertz CT molecular complexity index is 7280. The molecular weight excluding hydrogens is 1700 g/mol. The van der Waals surface area contributed by atoms with Crippen molar-refractivity contribution in [2.75, 3.05) is 0 Å². The van der Waals surface area contributed by atoms with Crippen LogP contribution in [0.25, 0.3) is 132 Å². The largest absolute Gasteiger partial charge is 0.494 e. The molecule has 2 aliphatic carbocycles. The molecule has 23 rings (SSSR count). The van der Waals surface area contributed by atoms with Gasteiger partial charge in [0.15, 0.2) is 0 Å². The van der Waals surface area contributed by atoms with E-state index < -0.39 is 29.2 Å². The van der Waals surface area contributed by atoms with Crippen LogP contribution in [0.5, 0.6) is 0 Å². The van der Waals surface area contributed by atoms with E-state index in [2.05, 4.69) is 498 Å². The van der Waals surface area contributed by atoms with Crippen molar-refractivity contribution in [3.05, 3.63) is 470 Å². The highest BCUT2D eigenvalue weighted by Gasteiger charge is 2.52. The van der Waals surface area contributed by atoms with Gasteiger partial charge in [-0.1, -0.05) is 378 Å². The summed E-state index contributed by atoms with van der Waals surface area (Å²) in [6.45, 7) is 8.46. The molecule has 1 fully saturated rings. The fourth-order valence-corrected chi connectivity index (χ4v) is 21.3. The van der Waals surface area contributed by atoms with Crippen LogP contribution in [0, 0.1) is 3.57 Å². The first-order valence-corrected chi connectivity index (χ1v) is 43.8. The van der Waals surface area contributed by atoms with Gasteiger partial charge in [0.2, 0.25) is 0 Å². The molecule has 1 aliphatic heterocycles. The highest BCUT2D eigenvalue weighted by Crippen LogP contribution is 2.59. The number of nitrogens with zero attached hydrogens (tertiary/aromatic N) is 2. The molecule has 0 spiro atoms. The zero-order valence-electron chi connectivity index (χ0n) is 66.7. The first-order chi connectivity index (χ1) is 58.8. The lowest BCUT2D eigenvalue weighted by atomic mass is 9.67. The van der Waals surface area contributed by atoms with E-state index in [4.69, 9.17) is 9.31 Å². The molecule has 4 nitrogen and oxygen atoms in total. The molecule has 8 heteroatoms. The lowest BCUT2D eigenvalue weighted by Gasteiger charge is -2.34. The van der Waals surface area contributed by atoms with Gasteiger partial charge in [0.1, 0.15) is 0 Å². The van der Waals surface area contributed by atoms with E-state index >= 15 is 0 Å². The second-order valence-electron chi connectivity index (χ2n) is 32.6. The third kappa shape index (κ3) is 12.2. The van der Waals surface area contributed by atoms with E-state index in [1.165, 1.54) is 163 Å². The van der Waals surface area contributed by atoms with Crippen LogP contribution >= 0.6 is 54.5 Å². The van der Waals surface area contributed by atoms with Crippen molar-refractivity contribution in [1.82, 2.24) is 9.13 Å². The number of fused-ring (bicyclic) bond motifs is 16. The Hall–Kier alpha value is -12.2. The zero-order chi connectivity index (χ0) is 81.0. The molecule has 0 radical (unpaired) electrons. The van der Waals surface area contributed by atoms with Crippen LogP contribution in [0.15, 0.2) is 421 Å². The molecule has 3 aliphatic rings. The molecule has 18 aromatic carbocycles. The molecule has 574 valence electrons. The number of benzene rings is 18. The number of aromatic nitrogens is 2. The van der Waals surface area contributed by atoms with Crippen molar-refractivity contribution < 1.29 is 9.31 Å². The zero-order valence-corrected chi connectivity index (χ0v) is 72.0. The third-order valence-corrected chi connectivity index (χ3v) is 28.0. The van der Waals surface area contributed by atoms with E-state index in [0.717, 1.165) is 31.3 Å². The predicted octanol–water partition coefficient (Wildman–Crippen LogP) is 29.7. The molecule has 3 heterocycles. The molecule has 0 amide bonds. The van der Waals surface area contributed by atoms with Crippen LogP contribution in [-0.4, -0.2) is 27.5 Å². The minimum absolute atomic E-state index is 0.428. The molecule has 0 bridgehead atoms. The third-order valence-electron chi connectivity index (χ3n) is 25.7. The molecule has 0 atom stereocenters. The van der Waals surface area contributed by atoms with Crippen LogP contribution in [0.3, 0.4) is 0 Å². The minimum atomic E-state index is -0.483. The van der Waals surface area contributed by atoms with Gasteiger partial charge in [0, 0.05) is 45.4 Å². The maximum Gasteiger partial charge on any atom is 0.494 e. The average Bonchev–Trinajstić information content (AvgIpc) is 1.53. The molecule has 2 aromatic heterocycles. The molecular formula is C112H80BBr2IN2O2. The summed E-state index contributed by atoms with van der Waals surface area (Å²) in [5, 5.41) is 9.98. The number of halogens is 3. The number of rotatable bonds is 10. The SMILES string of the molecule is Brc1ccccc1-c1ccccc1-c1ccc2c3c4ccccc4ccc3n(-c3ccc4c(c3)C(c3ccccc3)(c3ccccc3)c3ccccc3-4)c2c1.Brc1ccccc1-c1ccccc1I.CC1(C)OB(c2ccc3c4c5ccccc5ccc4n(-c4ccc5c(c4)C(c4ccccc4)(c4ccccc4)c4ccccc4-5)c3c2)OC1(C)C. The van der Waals surface area contributed by atoms with Gasteiger partial charge in [0.05, 0.1) is 44.1 Å². The lowest BCUT2D eigenvalue weighted by Crippen LogP contribution is -2.41. The van der Waals surface area contributed by atoms with Gasteiger partial charge in [-0.15, -0.1) is 0 Å². The summed E-state index contributed by atoms with van der Waals surface area (Å²) in [6.07, 6.45) is 0. The highest BCUT2D eigenvalue weighted by atomic mass is 127. The summed E-state index contributed by atoms with van der Waals surface area (Å²) in [6, 6.07) is 151. The van der Waals surface area contributed by atoms with Crippen LogP contribution in [-0.2, 0) is 20.1 Å². The second-order valence-corrected chi connectivity index (χ2v) is 35.5. The molecule has 0 unspecified atom stereocenters.